The molecule has 1 heterocycles. The fourth-order valence-electron chi connectivity index (χ4n) is 9.51. The molecule has 1 rings (SSSR count). The van der Waals surface area contributed by atoms with Crippen LogP contribution in [-0.4, -0.2) is 99.6 Å². The molecule has 0 bridgehead atoms. The van der Waals surface area contributed by atoms with Gasteiger partial charge in [0.1, 0.15) is 24.4 Å². The molecule has 0 saturated carbocycles. The molecule has 1 fully saturated rings. The number of esters is 1. The summed E-state index contributed by atoms with van der Waals surface area (Å²) in [5, 5.41) is 57.1. The molecule has 11 heteroatoms. The standard InChI is InChI=1S/C70H119NO10/c1-4-7-10-13-16-19-22-25-27-29-31-33-34-36-39-42-45-48-51-54-57-63(74)69(78)71-61(62(73)56-53-50-47-44-41-38-24-21-18-15-12-9-6-3)60-79-70-68(67(77)66(76)64(59-72)80-70)81-65(75)58-55-52-49-46-43-40-37-35-32-30-28-26-23-20-17-14-11-8-5-2/h7,10,16-17,19-20,25-28,31-33,35-36,39,53,56,61-64,66-68,70,72-74,76-77H,4-6,8-9,11-15,18,21-24,29-30,34,37-38,40-52,54-55,57-60H2,1-3H3,(H,71,78)/b10-7-,19-16-,20-17-,27-25-,28-26-,33-31-,35-32-,39-36-,56-53+. The summed E-state index contributed by atoms with van der Waals surface area (Å²) in [4.78, 5) is 26.6. The van der Waals surface area contributed by atoms with Gasteiger partial charge in [-0.05, 0) is 109 Å². The van der Waals surface area contributed by atoms with Gasteiger partial charge in [-0.2, -0.15) is 0 Å². The van der Waals surface area contributed by atoms with Crippen LogP contribution in [0.3, 0.4) is 0 Å². The van der Waals surface area contributed by atoms with Crippen molar-refractivity contribution in [3.8, 4) is 0 Å². The lowest BCUT2D eigenvalue weighted by Crippen LogP contribution is -2.61. The van der Waals surface area contributed by atoms with Gasteiger partial charge in [0.05, 0.1) is 25.4 Å². The van der Waals surface area contributed by atoms with Crippen molar-refractivity contribution in [1.29, 1.82) is 0 Å². The van der Waals surface area contributed by atoms with E-state index in [9.17, 15) is 35.1 Å². The topological polar surface area (TPSA) is 175 Å². The first-order valence-corrected chi connectivity index (χ1v) is 32.7. The highest BCUT2D eigenvalue weighted by Gasteiger charge is 2.47. The Labute approximate surface area is 494 Å². The number of allylic oxidation sites excluding steroid dienone is 17. The zero-order valence-electron chi connectivity index (χ0n) is 51.4. The summed E-state index contributed by atoms with van der Waals surface area (Å²) >= 11 is 0. The molecular weight excluding hydrogens is 1010 g/mol. The first-order chi connectivity index (χ1) is 39.7. The van der Waals surface area contributed by atoms with E-state index in [-0.39, 0.29) is 19.4 Å². The Balaban J connectivity index is 2.70. The molecule has 6 N–H and O–H groups in total. The maximum Gasteiger partial charge on any atom is 0.306 e. The smallest absolute Gasteiger partial charge is 0.306 e. The molecule has 0 aromatic heterocycles. The molecule has 0 aromatic carbocycles. The molecule has 11 nitrogen and oxygen atoms in total. The number of carbonyl (C=O) groups excluding carboxylic acids is 2. The van der Waals surface area contributed by atoms with Crippen molar-refractivity contribution in [2.45, 2.75) is 307 Å². The monoisotopic (exact) mass is 1130 g/mol. The van der Waals surface area contributed by atoms with Crippen LogP contribution in [0.4, 0.5) is 0 Å². The summed E-state index contributed by atoms with van der Waals surface area (Å²) in [6.07, 6.45) is 66.8. The van der Waals surface area contributed by atoms with E-state index < -0.39 is 67.4 Å². The van der Waals surface area contributed by atoms with Gasteiger partial charge in [0.2, 0.25) is 5.91 Å². The van der Waals surface area contributed by atoms with Crippen molar-refractivity contribution in [2.75, 3.05) is 13.2 Å². The van der Waals surface area contributed by atoms with Crippen LogP contribution in [0.15, 0.2) is 109 Å². The van der Waals surface area contributed by atoms with Crippen molar-refractivity contribution in [2.24, 2.45) is 0 Å². The third-order valence-corrected chi connectivity index (χ3v) is 14.7. The number of amides is 1. The van der Waals surface area contributed by atoms with Gasteiger partial charge < -0.3 is 45.1 Å². The lowest BCUT2D eigenvalue weighted by atomic mass is 9.99. The predicted octanol–water partition coefficient (Wildman–Crippen LogP) is 16.1. The molecule has 8 atom stereocenters. The Morgan fingerprint density at radius 3 is 1.36 bits per heavy atom. The Morgan fingerprint density at radius 1 is 0.494 bits per heavy atom. The Hall–Kier alpha value is -3.68. The normalized spacial score (nSPS) is 19.4. The zero-order valence-corrected chi connectivity index (χ0v) is 51.4. The van der Waals surface area contributed by atoms with Crippen LogP contribution < -0.4 is 5.32 Å². The first kappa shape index (κ1) is 75.3. The average Bonchev–Trinajstić information content (AvgIpc) is 3.46. The minimum Gasteiger partial charge on any atom is -0.454 e. The largest absolute Gasteiger partial charge is 0.454 e. The number of carbonyl (C=O) groups is 2. The minimum absolute atomic E-state index is 0.101. The third kappa shape index (κ3) is 44.5. The van der Waals surface area contributed by atoms with E-state index in [1.54, 1.807) is 6.08 Å². The molecule has 1 amide bonds. The second kappa shape index (κ2) is 56.8. The number of ether oxygens (including phenoxy) is 3. The summed E-state index contributed by atoms with van der Waals surface area (Å²) in [6, 6.07) is -1.05. The summed E-state index contributed by atoms with van der Waals surface area (Å²) in [7, 11) is 0. The summed E-state index contributed by atoms with van der Waals surface area (Å²) in [5.41, 5.74) is 0. The van der Waals surface area contributed by atoms with Gasteiger partial charge in [-0.15, -0.1) is 0 Å². The van der Waals surface area contributed by atoms with Gasteiger partial charge in [-0.3, -0.25) is 9.59 Å². The minimum atomic E-state index is -1.63. The van der Waals surface area contributed by atoms with Crippen molar-refractivity contribution in [3.63, 3.8) is 0 Å². The van der Waals surface area contributed by atoms with Crippen molar-refractivity contribution < 1.29 is 49.3 Å². The highest BCUT2D eigenvalue weighted by molar-refractivity contribution is 5.80. The number of rotatable bonds is 54. The number of hydrogen-bond acceptors (Lipinski definition) is 10. The Kier molecular flexibility index (Phi) is 52.8. The van der Waals surface area contributed by atoms with Crippen LogP contribution >= 0.6 is 0 Å². The van der Waals surface area contributed by atoms with E-state index in [4.69, 9.17) is 14.2 Å². The second-order valence-electron chi connectivity index (χ2n) is 22.1. The maximum absolute atomic E-state index is 13.5. The Bertz CT molecular complexity index is 1730. The Morgan fingerprint density at radius 2 is 0.889 bits per heavy atom. The van der Waals surface area contributed by atoms with Crippen LogP contribution in [-0.2, 0) is 23.8 Å². The van der Waals surface area contributed by atoms with Gasteiger partial charge in [0.25, 0.3) is 0 Å². The summed E-state index contributed by atoms with van der Waals surface area (Å²) < 4.78 is 17.6. The first-order valence-electron chi connectivity index (χ1n) is 32.7. The average molecular weight is 1130 g/mol. The van der Waals surface area contributed by atoms with Crippen molar-refractivity contribution >= 4 is 11.9 Å². The fourth-order valence-corrected chi connectivity index (χ4v) is 9.51. The van der Waals surface area contributed by atoms with E-state index in [1.807, 2.05) is 6.08 Å². The van der Waals surface area contributed by atoms with Gasteiger partial charge in [-0.1, -0.05) is 252 Å². The molecule has 1 saturated heterocycles. The summed E-state index contributed by atoms with van der Waals surface area (Å²) in [5.74, 6) is -1.23. The summed E-state index contributed by atoms with van der Waals surface area (Å²) in [6.45, 7) is 5.63. The predicted molar refractivity (Wildman–Crippen MR) is 338 cm³/mol. The highest BCUT2D eigenvalue weighted by Crippen LogP contribution is 2.26. The van der Waals surface area contributed by atoms with Gasteiger partial charge in [0, 0.05) is 6.42 Å². The quantitative estimate of drug-likeness (QED) is 0.0195. The van der Waals surface area contributed by atoms with E-state index in [1.165, 1.54) is 77.0 Å². The second-order valence-corrected chi connectivity index (χ2v) is 22.1. The lowest BCUT2D eigenvalue weighted by molar-refractivity contribution is -0.305. The number of aliphatic hydroxyl groups excluding tert-OH is 5. The van der Waals surface area contributed by atoms with Crippen LogP contribution in [0.2, 0.25) is 0 Å². The lowest BCUT2D eigenvalue weighted by Gasteiger charge is -2.41. The third-order valence-electron chi connectivity index (χ3n) is 14.7. The molecule has 1 aliphatic heterocycles. The van der Waals surface area contributed by atoms with Crippen LogP contribution in [0.5, 0.6) is 0 Å². The highest BCUT2D eigenvalue weighted by atomic mass is 16.7. The number of hydrogen-bond donors (Lipinski definition) is 6. The van der Waals surface area contributed by atoms with E-state index in [0.29, 0.717) is 12.8 Å². The molecular formula is C70H119NO10. The molecule has 8 unspecified atom stereocenters. The number of unbranched alkanes of at least 4 members (excludes halogenated alkanes) is 24. The number of nitrogens with one attached hydrogen (secondary N) is 1. The van der Waals surface area contributed by atoms with Crippen LogP contribution in [0, 0.1) is 0 Å². The van der Waals surface area contributed by atoms with Gasteiger partial charge >= 0.3 is 5.97 Å². The van der Waals surface area contributed by atoms with Gasteiger partial charge in [0.15, 0.2) is 12.4 Å². The number of aliphatic hydroxyl groups is 5. The molecule has 464 valence electrons. The zero-order chi connectivity index (χ0) is 58.9. The molecule has 0 aliphatic carbocycles. The fraction of sp³-hybridized carbons (Fsp3) is 0.714. The van der Waals surface area contributed by atoms with Crippen LogP contribution in [0.1, 0.15) is 258 Å². The maximum atomic E-state index is 13.5. The van der Waals surface area contributed by atoms with E-state index in [2.05, 4.69) is 123 Å². The van der Waals surface area contributed by atoms with Crippen LogP contribution in [0.25, 0.3) is 0 Å². The van der Waals surface area contributed by atoms with Crippen molar-refractivity contribution in [1.82, 2.24) is 5.32 Å². The molecule has 0 spiro atoms. The molecule has 0 radical (unpaired) electrons. The molecule has 1 aliphatic rings. The van der Waals surface area contributed by atoms with E-state index >= 15 is 0 Å². The van der Waals surface area contributed by atoms with E-state index in [0.717, 1.165) is 135 Å². The molecule has 81 heavy (non-hydrogen) atoms. The van der Waals surface area contributed by atoms with Crippen molar-refractivity contribution in [3.05, 3.63) is 109 Å². The SMILES string of the molecule is CC/C=C\C/C=C\C/C=C\C/C=C\C/C=C\CCCCCCC(O)C(=O)NC(COC1OC(CO)C(O)C(O)C1OC(=O)CCCCCCCC/C=C\C/C=C\C/C=C\CCCCC)C(O)/C=C/CCCCCCCCCCCCC. The molecule has 0 aromatic rings. The van der Waals surface area contributed by atoms with Gasteiger partial charge in [-0.25, -0.2) is 0 Å².